The van der Waals surface area contributed by atoms with Gasteiger partial charge in [-0.3, -0.25) is 0 Å². The number of hydrogen-bond donors (Lipinski definition) is 0. The second-order valence-corrected chi connectivity index (χ2v) is 3.57. The number of alkyl halides is 3. The molecule has 0 amide bonds. The minimum Gasteiger partial charge on any atom is -0.471 e. The Balaban J connectivity index is 2.14. The number of aryl methyl sites for hydroxylation is 1. The highest BCUT2D eigenvalue weighted by atomic mass is 19.4. The van der Waals surface area contributed by atoms with Crippen LogP contribution in [0, 0.1) is 6.92 Å². The smallest absolute Gasteiger partial charge is 0.421 e. The van der Waals surface area contributed by atoms with Gasteiger partial charge in [-0.15, -0.1) is 0 Å². The van der Waals surface area contributed by atoms with Crippen molar-refractivity contribution in [2.24, 2.45) is 0 Å². The predicted octanol–water partition coefficient (Wildman–Crippen LogP) is 2.98. The van der Waals surface area contributed by atoms with E-state index < -0.39 is 17.6 Å². The van der Waals surface area contributed by atoms with Gasteiger partial charge in [0.05, 0.1) is 0 Å². The lowest BCUT2D eigenvalue weighted by Crippen LogP contribution is -2.10. The van der Waals surface area contributed by atoms with Crippen LogP contribution in [0.2, 0.25) is 0 Å². The third kappa shape index (κ3) is 2.79. The molecule has 2 heterocycles. The van der Waals surface area contributed by atoms with Gasteiger partial charge in [0.1, 0.15) is 23.6 Å². The van der Waals surface area contributed by atoms with E-state index in [1.807, 2.05) is 0 Å². The van der Waals surface area contributed by atoms with Crippen molar-refractivity contribution < 1.29 is 22.4 Å². The maximum Gasteiger partial charge on any atom is 0.421 e. The third-order valence-electron chi connectivity index (χ3n) is 2.11. The Morgan fingerprint density at radius 2 is 2.17 bits per heavy atom. The molecular weight excluding hydrogens is 249 g/mol. The molecule has 0 radical (unpaired) electrons. The van der Waals surface area contributed by atoms with Gasteiger partial charge in [-0.2, -0.15) is 13.2 Å². The van der Waals surface area contributed by atoms with Gasteiger partial charge in [0.15, 0.2) is 0 Å². The molecule has 0 aromatic carbocycles. The Hall–Kier alpha value is -2.05. The average Bonchev–Trinajstić information content (AvgIpc) is 2.72. The van der Waals surface area contributed by atoms with E-state index in [0.29, 0.717) is 11.5 Å². The van der Waals surface area contributed by atoms with Crippen LogP contribution in [-0.2, 0) is 12.8 Å². The molecule has 0 N–H and O–H groups in total. The second kappa shape index (κ2) is 4.67. The van der Waals surface area contributed by atoms with Crippen molar-refractivity contribution in [3.63, 3.8) is 0 Å². The Morgan fingerprint density at radius 1 is 1.39 bits per heavy atom. The largest absolute Gasteiger partial charge is 0.471 e. The molecule has 0 aliphatic rings. The van der Waals surface area contributed by atoms with Crippen LogP contribution in [0.15, 0.2) is 28.9 Å². The summed E-state index contributed by atoms with van der Waals surface area (Å²) in [5.74, 6) is 0.0938. The Bertz CT molecular complexity index is 537. The molecule has 2 aromatic rings. The molecular formula is C11H9F3N2O2. The lowest BCUT2D eigenvalue weighted by Gasteiger charge is -2.11. The summed E-state index contributed by atoms with van der Waals surface area (Å²) in [5, 5.41) is 3.61. The predicted molar refractivity (Wildman–Crippen MR) is 54.8 cm³/mol. The van der Waals surface area contributed by atoms with E-state index in [-0.39, 0.29) is 6.61 Å². The fourth-order valence-corrected chi connectivity index (χ4v) is 1.35. The van der Waals surface area contributed by atoms with Crippen LogP contribution in [0.25, 0.3) is 0 Å². The third-order valence-corrected chi connectivity index (χ3v) is 2.11. The maximum atomic E-state index is 12.6. The number of rotatable bonds is 3. The van der Waals surface area contributed by atoms with Crippen molar-refractivity contribution in [3.05, 3.63) is 41.4 Å². The summed E-state index contributed by atoms with van der Waals surface area (Å²) in [7, 11) is 0. The molecule has 18 heavy (non-hydrogen) atoms. The summed E-state index contributed by atoms with van der Waals surface area (Å²) < 4.78 is 47.7. The van der Waals surface area contributed by atoms with Crippen LogP contribution in [0.5, 0.6) is 5.88 Å². The zero-order chi connectivity index (χ0) is 13.2. The summed E-state index contributed by atoms with van der Waals surface area (Å²) >= 11 is 0. The Morgan fingerprint density at radius 3 is 2.78 bits per heavy atom. The first-order chi connectivity index (χ1) is 8.47. The molecule has 0 saturated carbocycles. The molecule has 0 saturated heterocycles. The summed E-state index contributed by atoms with van der Waals surface area (Å²) in [5.41, 5.74) is -0.503. The van der Waals surface area contributed by atoms with Gasteiger partial charge in [-0.25, -0.2) is 4.98 Å². The molecule has 96 valence electrons. The van der Waals surface area contributed by atoms with Crippen LogP contribution in [-0.4, -0.2) is 10.1 Å². The summed E-state index contributed by atoms with van der Waals surface area (Å²) in [6.07, 6.45) is -3.26. The Labute approximate surface area is 100 Å². The topological polar surface area (TPSA) is 48.2 Å². The summed E-state index contributed by atoms with van der Waals surface area (Å²) in [6, 6.07) is 3.70. The fraction of sp³-hybridized carbons (Fsp3) is 0.273. The number of aromatic nitrogens is 2. The zero-order valence-corrected chi connectivity index (χ0v) is 9.36. The molecule has 0 fully saturated rings. The van der Waals surface area contributed by atoms with Gasteiger partial charge in [0.25, 0.3) is 0 Å². The number of hydrogen-bond acceptors (Lipinski definition) is 4. The van der Waals surface area contributed by atoms with Gasteiger partial charge < -0.3 is 9.26 Å². The van der Waals surface area contributed by atoms with E-state index in [9.17, 15) is 13.2 Å². The summed E-state index contributed by atoms with van der Waals surface area (Å²) in [6.45, 7) is 1.55. The van der Waals surface area contributed by atoms with Crippen molar-refractivity contribution in [1.29, 1.82) is 0 Å². The van der Waals surface area contributed by atoms with E-state index in [2.05, 4.69) is 10.1 Å². The van der Waals surface area contributed by atoms with Crippen LogP contribution in [0.3, 0.4) is 0 Å². The van der Waals surface area contributed by atoms with Crippen molar-refractivity contribution in [2.45, 2.75) is 19.7 Å². The highest BCUT2D eigenvalue weighted by Crippen LogP contribution is 2.34. The first kappa shape index (κ1) is 12.4. The molecule has 0 aliphatic heterocycles. The molecule has 2 rings (SSSR count). The van der Waals surface area contributed by atoms with Gasteiger partial charge in [0, 0.05) is 12.3 Å². The number of nitrogens with zero attached hydrogens (tertiary/aromatic N) is 2. The number of ether oxygens (including phenoxy) is 1. The van der Waals surface area contributed by atoms with Gasteiger partial charge in [0.2, 0.25) is 5.88 Å². The van der Waals surface area contributed by atoms with E-state index in [1.54, 1.807) is 13.0 Å². The van der Waals surface area contributed by atoms with Crippen LogP contribution in [0.1, 0.15) is 17.0 Å². The molecule has 7 heteroatoms. The standard InChI is InChI=1S/C11H9F3N2O2/c1-7-5-8(16-18-7)6-17-10-9(11(12,13)14)3-2-4-15-10/h2-5H,6H2,1H3. The minimum absolute atomic E-state index is 0.128. The first-order valence-corrected chi connectivity index (χ1v) is 5.04. The van der Waals surface area contributed by atoms with E-state index in [4.69, 9.17) is 9.26 Å². The lowest BCUT2D eigenvalue weighted by atomic mass is 10.2. The SMILES string of the molecule is Cc1cc(COc2ncccc2C(F)(F)F)no1. The monoisotopic (exact) mass is 258 g/mol. The highest BCUT2D eigenvalue weighted by molar-refractivity contribution is 5.28. The quantitative estimate of drug-likeness (QED) is 0.849. The Kier molecular flexibility index (Phi) is 3.22. The van der Waals surface area contributed by atoms with Crippen molar-refractivity contribution in [1.82, 2.24) is 10.1 Å². The molecule has 2 aromatic heterocycles. The summed E-state index contributed by atoms with van der Waals surface area (Å²) in [4.78, 5) is 3.57. The van der Waals surface area contributed by atoms with Crippen molar-refractivity contribution >= 4 is 0 Å². The van der Waals surface area contributed by atoms with Crippen LogP contribution >= 0.6 is 0 Å². The molecule has 0 spiro atoms. The zero-order valence-electron chi connectivity index (χ0n) is 9.36. The first-order valence-electron chi connectivity index (χ1n) is 5.04. The lowest BCUT2D eigenvalue weighted by molar-refractivity contribution is -0.139. The van der Waals surface area contributed by atoms with E-state index in [0.717, 1.165) is 6.07 Å². The van der Waals surface area contributed by atoms with Crippen molar-refractivity contribution in [3.8, 4) is 5.88 Å². The highest BCUT2D eigenvalue weighted by Gasteiger charge is 2.35. The molecule has 0 aliphatic carbocycles. The molecule has 0 unspecified atom stereocenters. The van der Waals surface area contributed by atoms with Crippen LogP contribution < -0.4 is 4.74 Å². The van der Waals surface area contributed by atoms with Gasteiger partial charge in [-0.1, -0.05) is 5.16 Å². The normalized spacial score (nSPS) is 11.6. The van der Waals surface area contributed by atoms with Gasteiger partial charge >= 0.3 is 6.18 Å². The van der Waals surface area contributed by atoms with Crippen LogP contribution in [0.4, 0.5) is 13.2 Å². The second-order valence-electron chi connectivity index (χ2n) is 3.57. The van der Waals surface area contributed by atoms with E-state index in [1.165, 1.54) is 12.3 Å². The van der Waals surface area contributed by atoms with E-state index >= 15 is 0 Å². The number of halogens is 3. The number of pyridine rings is 1. The fourth-order valence-electron chi connectivity index (χ4n) is 1.35. The van der Waals surface area contributed by atoms with Crippen molar-refractivity contribution in [2.75, 3.05) is 0 Å². The molecule has 4 nitrogen and oxygen atoms in total. The average molecular weight is 258 g/mol. The molecule has 0 atom stereocenters. The molecule has 0 bridgehead atoms. The maximum absolute atomic E-state index is 12.6. The minimum atomic E-state index is -4.50. The van der Waals surface area contributed by atoms with Gasteiger partial charge in [-0.05, 0) is 19.1 Å².